The average molecular weight is 375 g/mol. The van der Waals surface area contributed by atoms with Gasteiger partial charge in [0.25, 0.3) is 5.91 Å². The van der Waals surface area contributed by atoms with E-state index in [4.69, 9.17) is 4.74 Å². The SMILES string of the molecule is O=C(COC(=O)/C=C/c1cnn(Cc2ccccc2)c1)NCc1ccccc1. The molecule has 0 fully saturated rings. The molecule has 1 amide bonds. The van der Waals surface area contributed by atoms with E-state index in [9.17, 15) is 9.59 Å². The molecule has 0 saturated heterocycles. The van der Waals surface area contributed by atoms with Crippen LogP contribution in [0, 0.1) is 0 Å². The average Bonchev–Trinajstić information content (AvgIpc) is 3.18. The number of carbonyl (C=O) groups excluding carboxylic acids is 2. The van der Waals surface area contributed by atoms with E-state index in [2.05, 4.69) is 10.4 Å². The molecular weight excluding hydrogens is 354 g/mol. The number of esters is 1. The molecule has 0 atom stereocenters. The van der Waals surface area contributed by atoms with Crippen molar-refractivity contribution in [1.82, 2.24) is 15.1 Å². The number of hydrogen-bond acceptors (Lipinski definition) is 4. The lowest BCUT2D eigenvalue weighted by molar-refractivity contribution is -0.143. The highest BCUT2D eigenvalue weighted by Crippen LogP contribution is 2.05. The molecule has 142 valence electrons. The second-order valence-electron chi connectivity index (χ2n) is 6.16. The van der Waals surface area contributed by atoms with E-state index >= 15 is 0 Å². The Morgan fingerprint density at radius 1 is 1.00 bits per heavy atom. The quantitative estimate of drug-likeness (QED) is 0.485. The van der Waals surface area contributed by atoms with Crippen molar-refractivity contribution in [2.24, 2.45) is 0 Å². The van der Waals surface area contributed by atoms with Crippen LogP contribution in [0.1, 0.15) is 16.7 Å². The van der Waals surface area contributed by atoms with Gasteiger partial charge in [0.15, 0.2) is 6.61 Å². The van der Waals surface area contributed by atoms with Gasteiger partial charge in [-0.2, -0.15) is 5.10 Å². The van der Waals surface area contributed by atoms with Gasteiger partial charge in [-0.3, -0.25) is 9.48 Å². The van der Waals surface area contributed by atoms with Crippen LogP contribution in [0.5, 0.6) is 0 Å². The first-order chi connectivity index (χ1) is 13.7. The standard InChI is InChI=1S/C22H21N3O3/c26-21(23-13-18-7-3-1-4-8-18)17-28-22(27)12-11-20-14-24-25(16-20)15-19-9-5-2-6-10-19/h1-12,14,16H,13,15,17H2,(H,23,26)/b12-11+. The molecule has 28 heavy (non-hydrogen) atoms. The molecule has 0 aliphatic carbocycles. The molecule has 1 aromatic heterocycles. The molecule has 0 unspecified atom stereocenters. The minimum atomic E-state index is -0.578. The van der Waals surface area contributed by atoms with Crippen molar-refractivity contribution < 1.29 is 14.3 Å². The number of rotatable bonds is 8. The Labute approximate surface area is 163 Å². The molecule has 6 heteroatoms. The van der Waals surface area contributed by atoms with E-state index in [1.165, 1.54) is 6.08 Å². The summed E-state index contributed by atoms with van der Waals surface area (Å²) in [6.07, 6.45) is 6.40. The summed E-state index contributed by atoms with van der Waals surface area (Å²) >= 11 is 0. The summed E-state index contributed by atoms with van der Waals surface area (Å²) in [5, 5.41) is 6.97. The van der Waals surface area contributed by atoms with Crippen LogP contribution in [-0.2, 0) is 27.4 Å². The Morgan fingerprint density at radius 3 is 2.39 bits per heavy atom. The highest BCUT2D eigenvalue weighted by molar-refractivity contribution is 5.89. The zero-order chi connectivity index (χ0) is 19.6. The normalized spacial score (nSPS) is 10.7. The van der Waals surface area contributed by atoms with Gasteiger partial charge in [-0.05, 0) is 17.2 Å². The van der Waals surface area contributed by atoms with Gasteiger partial charge in [-0.1, -0.05) is 60.7 Å². The van der Waals surface area contributed by atoms with Crippen molar-refractivity contribution in [3.63, 3.8) is 0 Å². The van der Waals surface area contributed by atoms with E-state index in [1.807, 2.05) is 66.9 Å². The molecule has 3 aromatic rings. The van der Waals surface area contributed by atoms with E-state index < -0.39 is 5.97 Å². The third-order valence-electron chi connectivity index (χ3n) is 3.93. The van der Waals surface area contributed by atoms with Crippen LogP contribution in [-0.4, -0.2) is 28.3 Å². The summed E-state index contributed by atoms with van der Waals surface area (Å²) in [5.41, 5.74) is 2.90. The first-order valence-electron chi connectivity index (χ1n) is 8.91. The summed E-state index contributed by atoms with van der Waals surface area (Å²) in [4.78, 5) is 23.5. The van der Waals surface area contributed by atoms with E-state index in [0.29, 0.717) is 13.1 Å². The van der Waals surface area contributed by atoms with Crippen LogP contribution in [0.2, 0.25) is 0 Å². The van der Waals surface area contributed by atoms with Crippen molar-refractivity contribution in [2.45, 2.75) is 13.1 Å². The number of nitrogens with zero attached hydrogens (tertiary/aromatic N) is 2. The van der Waals surface area contributed by atoms with Crippen LogP contribution < -0.4 is 5.32 Å². The lowest BCUT2D eigenvalue weighted by Crippen LogP contribution is -2.28. The lowest BCUT2D eigenvalue weighted by atomic mass is 10.2. The molecule has 3 rings (SSSR count). The van der Waals surface area contributed by atoms with Crippen LogP contribution in [0.3, 0.4) is 0 Å². The van der Waals surface area contributed by atoms with Crippen molar-refractivity contribution >= 4 is 18.0 Å². The van der Waals surface area contributed by atoms with Crippen molar-refractivity contribution in [3.8, 4) is 0 Å². The maximum atomic E-state index is 11.8. The second kappa shape index (κ2) is 9.87. The van der Waals surface area contributed by atoms with E-state index in [1.54, 1.807) is 17.0 Å². The zero-order valence-corrected chi connectivity index (χ0v) is 15.3. The molecule has 0 spiro atoms. The number of benzene rings is 2. The fourth-order valence-corrected chi connectivity index (χ4v) is 2.52. The fraction of sp³-hybridized carbons (Fsp3) is 0.136. The molecule has 0 saturated carbocycles. The van der Waals surface area contributed by atoms with Crippen molar-refractivity contribution in [3.05, 3.63) is 95.8 Å². The topological polar surface area (TPSA) is 73.2 Å². The first kappa shape index (κ1) is 19.1. The Morgan fingerprint density at radius 2 is 1.68 bits per heavy atom. The van der Waals surface area contributed by atoms with E-state index in [0.717, 1.165) is 16.7 Å². The minimum Gasteiger partial charge on any atom is -0.452 e. The van der Waals surface area contributed by atoms with Gasteiger partial charge in [-0.25, -0.2) is 4.79 Å². The summed E-state index contributed by atoms with van der Waals surface area (Å²) in [5.74, 6) is -0.924. The van der Waals surface area contributed by atoms with Gasteiger partial charge >= 0.3 is 5.97 Å². The number of amides is 1. The Bertz CT molecular complexity index is 934. The Balaban J connectivity index is 1.40. The number of ether oxygens (including phenoxy) is 1. The fourth-order valence-electron chi connectivity index (χ4n) is 2.52. The Kier molecular flexibility index (Phi) is 6.73. The molecule has 2 aromatic carbocycles. The molecular formula is C22H21N3O3. The predicted molar refractivity (Wildman–Crippen MR) is 106 cm³/mol. The smallest absolute Gasteiger partial charge is 0.331 e. The Hall–Kier alpha value is -3.67. The number of hydrogen-bond donors (Lipinski definition) is 1. The molecule has 0 bridgehead atoms. The number of nitrogens with one attached hydrogen (secondary N) is 1. The first-order valence-corrected chi connectivity index (χ1v) is 8.91. The largest absolute Gasteiger partial charge is 0.452 e. The van der Waals surface area contributed by atoms with Crippen molar-refractivity contribution in [2.75, 3.05) is 6.61 Å². The minimum absolute atomic E-state index is 0.316. The number of carbonyl (C=O) groups is 2. The van der Waals surface area contributed by atoms with Gasteiger partial charge in [0.2, 0.25) is 0 Å². The maximum Gasteiger partial charge on any atom is 0.331 e. The molecule has 0 aliphatic heterocycles. The van der Waals surface area contributed by atoms with Crippen LogP contribution >= 0.6 is 0 Å². The zero-order valence-electron chi connectivity index (χ0n) is 15.3. The molecule has 6 nitrogen and oxygen atoms in total. The van der Waals surface area contributed by atoms with Gasteiger partial charge in [0.05, 0.1) is 12.7 Å². The summed E-state index contributed by atoms with van der Waals surface area (Å²) < 4.78 is 6.74. The maximum absolute atomic E-state index is 11.8. The van der Waals surface area contributed by atoms with Gasteiger partial charge in [0.1, 0.15) is 0 Å². The summed E-state index contributed by atoms with van der Waals surface area (Å²) in [7, 11) is 0. The van der Waals surface area contributed by atoms with Crippen LogP contribution in [0.4, 0.5) is 0 Å². The third kappa shape index (κ3) is 6.25. The predicted octanol–water partition coefficient (Wildman–Crippen LogP) is 2.80. The van der Waals surface area contributed by atoms with Gasteiger partial charge < -0.3 is 10.1 Å². The monoisotopic (exact) mass is 375 g/mol. The second-order valence-corrected chi connectivity index (χ2v) is 6.16. The summed E-state index contributed by atoms with van der Waals surface area (Å²) in [6, 6.07) is 19.5. The van der Waals surface area contributed by atoms with Gasteiger partial charge in [0, 0.05) is 24.4 Å². The third-order valence-corrected chi connectivity index (χ3v) is 3.93. The highest BCUT2D eigenvalue weighted by atomic mass is 16.5. The molecule has 0 aliphatic rings. The lowest BCUT2D eigenvalue weighted by Gasteiger charge is -2.05. The van der Waals surface area contributed by atoms with Gasteiger partial charge in [-0.15, -0.1) is 0 Å². The van der Waals surface area contributed by atoms with Crippen LogP contribution in [0.25, 0.3) is 6.08 Å². The highest BCUT2D eigenvalue weighted by Gasteiger charge is 2.05. The number of aromatic nitrogens is 2. The van der Waals surface area contributed by atoms with Crippen molar-refractivity contribution in [1.29, 1.82) is 0 Å². The molecule has 0 radical (unpaired) electrons. The van der Waals surface area contributed by atoms with Crippen LogP contribution in [0.15, 0.2) is 79.1 Å². The summed E-state index contributed by atoms with van der Waals surface area (Å²) in [6.45, 7) is 0.734. The molecule has 1 N–H and O–H groups in total. The molecule has 1 heterocycles. The van der Waals surface area contributed by atoms with E-state index in [-0.39, 0.29) is 12.5 Å².